The molecule has 0 saturated heterocycles. The molecule has 0 atom stereocenters. The Balaban J connectivity index is 1.97. The number of rotatable bonds is 6. The van der Waals surface area contributed by atoms with Gasteiger partial charge in [0.2, 0.25) is 0 Å². The number of hydrogen-bond donors (Lipinski definition) is 0. The molecule has 3 aromatic rings. The zero-order chi connectivity index (χ0) is 18.2. The van der Waals surface area contributed by atoms with E-state index in [-0.39, 0.29) is 0 Å². The second-order valence-electron chi connectivity index (χ2n) is 5.93. The molecule has 2 aromatic carbocycles. The fourth-order valence-corrected chi connectivity index (χ4v) is 2.45. The molecule has 0 unspecified atom stereocenters. The number of aromatic nitrogens is 1. The number of benzene rings is 2. The van der Waals surface area contributed by atoms with Crippen LogP contribution in [-0.4, -0.2) is 30.1 Å². The van der Waals surface area contributed by atoms with Crippen molar-refractivity contribution in [3.05, 3.63) is 42.5 Å². The minimum absolute atomic E-state index is 0.741. The summed E-state index contributed by atoms with van der Waals surface area (Å²) in [6.07, 6.45) is 1.98. The molecule has 26 heavy (non-hydrogen) atoms. The lowest BCUT2D eigenvalue weighted by Gasteiger charge is -2.03. The summed E-state index contributed by atoms with van der Waals surface area (Å²) in [6, 6.07) is 19.4. The van der Waals surface area contributed by atoms with Crippen molar-refractivity contribution in [3.8, 4) is 0 Å². The summed E-state index contributed by atoms with van der Waals surface area (Å²) in [7, 11) is 0. The Morgan fingerprint density at radius 3 is 1.69 bits per heavy atom. The van der Waals surface area contributed by atoms with Gasteiger partial charge >= 0.3 is 0 Å². The monoisotopic (exact) mass is 343 g/mol. The maximum absolute atomic E-state index is 4.75. The zero-order valence-corrected chi connectivity index (χ0v) is 15.1. The van der Waals surface area contributed by atoms with Gasteiger partial charge in [-0.05, 0) is 43.2 Å². The van der Waals surface area contributed by atoms with Crippen molar-refractivity contribution in [1.29, 1.82) is 0 Å². The molecule has 0 fully saturated rings. The number of aliphatic imine (C=N–C) groups is 4. The van der Waals surface area contributed by atoms with Gasteiger partial charge in [0.15, 0.2) is 0 Å². The normalized spacial score (nSPS) is 10.2. The number of nitrogens with zero attached hydrogens (tertiary/aromatic N) is 5. The molecule has 5 nitrogen and oxygen atoms in total. The standard InChI is InChI=1S/C21H21N5/c1-3-9-22-14-24-18-7-5-16-11-17-6-8-19(25-15-23-10-4-2)13-21(17)26-20(16)12-18/h5-8,11-13H,3-4,9-10H2,1-2H3. The SMILES string of the molecule is CCCN=C=Nc1ccc2cc3ccc(N=C=NCCC)cc3nc2c1. The van der Waals surface area contributed by atoms with Crippen LogP contribution >= 0.6 is 0 Å². The van der Waals surface area contributed by atoms with E-state index >= 15 is 0 Å². The predicted octanol–water partition coefficient (Wildman–Crippen LogP) is 5.82. The molecule has 0 aliphatic carbocycles. The molecule has 0 bridgehead atoms. The summed E-state index contributed by atoms with van der Waals surface area (Å²) in [5.41, 5.74) is 3.36. The lowest BCUT2D eigenvalue weighted by molar-refractivity contribution is 0.937. The van der Waals surface area contributed by atoms with Crippen molar-refractivity contribution in [3.63, 3.8) is 0 Å². The minimum Gasteiger partial charge on any atom is -0.248 e. The third kappa shape index (κ3) is 4.48. The van der Waals surface area contributed by atoms with E-state index in [9.17, 15) is 0 Å². The zero-order valence-electron chi connectivity index (χ0n) is 15.1. The van der Waals surface area contributed by atoms with Crippen molar-refractivity contribution in [1.82, 2.24) is 4.98 Å². The highest BCUT2D eigenvalue weighted by atomic mass is 14.8. The van der Waals surface area contributed by atoms with Gasteiger partial charge in [-0.1, -0.05) is 26.0 Å². The number of fused-ring (bicyclic) bond motifs is 2. The molecule has 1 heterocycles. The van der Waals surface area contributed by atoms with Crippen LogP contribution in [0.25, 0.3) is 21.8 Å². The first kappa shape index (κ1) is 17.7. The summed E-state index contributed by atoms with van der Waals surface area (Å²) in [6.45, 7) is 5.63. The van der Waals surface area contributed by atoms with Gasteiger partial charge in [0.1, 0.15) is 0 Å². The lowest BCUT2D eigenvalue weighted by atomic mass is 10.1. The number of hydrogen-bond acceptors (Lipinski definition) is 5. The quantitative estimate of drug-likeness (QED) is 0.411. The molecule has 0 spiro atoms. The van der Waals surface area contributed by atoms with E-state index in [2.05, 4.69) is 51.9 Å². The van der Waals surface area contributed by atoms with Crippen LogP contribution in [0.3, 0.4) is 0 Å². The van der Waals surface area contributed by atoms with Crippen molar-refractivity contribution in [2.75, 3.05) is 13.1 Å². The van der Waals surface area contributed by atoms with E-state index in [0.717, 1.165) is 59.1 Å². The van der Waals surface area contributed by atoms with Crippen LogP contribution in [0.2, 0.25) is 0 Å². The van der Waals surface area contributed by atoms with Crippen LogP contribution in [0.4, 0.5) is 11.4 Å². The molecule has 0 aliphatic rings. The molecule has 0 amide bonds. The maximum Gasteiger partial charge on any atom is 0.0948 e. The van der Waals surface area contributed by atoms with E-state index in [1.165, 1.54) is 0 Å². The van der Waals surface area contributed by atoms with E-state index in [1.807, 2.05) is 36.4 Å². The smallest absolute Gasteiger partial charge is 0.0948 e. The van der Waals surface area contributed by atoms with Gasteiger partial charge in [0, 0.05) is 23.9 Å². The highest BCUT2D eigenvalue weighted by Gasteiger charge is 2.02. The fourth-order valence-electron chi connectivity index (χ4n) is 2.45. The average Bonchev–Trinajstić information content (AvgIpc) is 2.67. The lowest BCUT2D eigenvalue weighted by Crippen LogP contribution is -1.82. The van der Waals surface area contributed by atoms with Crippen molar-refractivity contribution in [2.24, 2.45) is 20.0 Å². The third-order valence-electron chi connectivity index (χ3n) is 3.75. The molecular formula is C21H21N5. The maximum atomic E-state index is 4.75. The summed E-state index contributed by atoms with van der Waals surface area (Å²) in [5, 5.41) is 2.14. The summed E-state index contributed by atoms with van der Waals surface area (Å²) in [4.78, 5) is 21.5. The fraction of sp³-hybridized carbons (Fsp3) is 0.286. The molecule has 0 aliphatic heterocycles. The third-order valence-corrected chi connectivity index (χ3v) is 3.75. The Labute approximate surface area is 153 Å². The predicted molar refractivity (Wildman–Crippen MR) is 109 cm³/mol. The van der Waals surface area contributed by atoms with E-state index in [1.54, 1.807) is 0 Å². The first-order valence-corrected chi connectivity index (χ1v) is 8.89. The molecule has 3 rings (SSSR count). The molecule has 0 N–H and O–H groups in total. The van der Waals surface area contributed by atoms with Gasteiger partial charge in [0.25, 0.3) is 0 Å². The highest BCUT2D eigenvalue weighted by molar-refractivity contribution is 5.95. The van der Waals surface area contributed by atoms with Gasteiger partial charge < -0.3 is 0 Å². The first-order chi connectivity index (χ1) is 12.8. The van der Waals surface area contributed by atoms with Gasteiger partial charge in [0.05, 0.1) is 34.4 Å². The van der Waals surface area contributed by atoms with E-state index in [4.69, 9.17) is 4.98 Å². The first-order valence-electron chi connectivity index (χ1n) is 8.89. The van der Waals surface area contributed by atoms with Crippen LogP contribution in [-0.2, 0) is 0 Å². The Hall–Kier alpha value is -3.13. The largest absolute Gasteiger partial charge is 0.248 e. The van der Waals surface area contributed by atoms with Crippen molar-refractivity contribution < 1.29 is 0 Å². The van der Waals surface area contributed by atoms with Crippen LogP contribution < -0.4 is 0 Å². The van der Waals surface area contributed by atoms with E-state index < -0.39 is 0 Å². The topological polar surface area (TPSA) is 62.3 Å². The average molecular weight is 343 g/mol. The van der Waals surface area contributed by atoms with Crippen LogP contribution in [0.15, 0.2) is 62.4 Å². The molecule has 130 valence electrons. The van der Waals surface area contributed by atoms with Gasteiger partial charge in [-0.25, -0.2) is 15.0 Å². The molecule has 0 radical (unpaired) electrons. The van der Waals surface area contributed by atoms with Gasteiger partial charge in [-0.2, -0.15) is 9.98 Å². The Kier molecular flexibility index (Phi) is 6.00. The van der Waals surface area contributed by atoms with E-state index in [0.29, 0.717) is 0 Å². The van der Waals surface area contributed by atoms with Crippen molar-refractivity contribution >= 4 is 45.2 Å². The molecule has 0 saturated carbocycles. The second-order valence-corrected chi connectivity index (χ2v) is 5.93. The summed E-state index contributed by atoms with van der Waals surface area (Å²) >= 11 is 0. The molecule has 5 heteroatoms. The van der Waals surface area contributed by atoms with Gasteiger partial charge in [-0.15, -0.1) is 0 Å². The Morgan fingerprint density at radius 1 is 0.731 bits per heavy atom. The summed E-state index contributed by atoms with van der Waals surface area (Å²) in [5.74, 6) is 0. The van der Waals surface area contributed by atoms with Crippen LogP contribution in [0, 0.1) is 0 Å². The second kappa shape index (κ2) is 8.82. The van der Waals surface area contributed by atoms with Gasteiger partial charge in [-0.3, -0.25) is 0 Å². The summed E-state index contributed by atoms with van der Waals surface area (Å²) < 4.78 is 0. The molecule has 1 aromatic heterocycles. The number of pyridine rings is 1. The Morgan fingerprint density at radius 2 is 1.23 bits per heavy atom. The van der Waals surface area contributed by atoms with Crippen LogP contribution in [0.1, 0.15) is 26.7 Å². The van der Waals surface area contributed by atoms with Crippen molar-refractivity contribution in [2.45, 2.75) is 26.7 Å². The minimum atomic E-state index is 0.741. The molecular weight excluding hydrogens is 322 g/mol. The Bertz CT molecular complexity index is 958. The van der Waals surface area contributed by atoms with Crippen LogP contribution in [0.5, 0.6) is 0 Å². The highest BCUT2D eigenvalue weighted by Crippen LogP contribution is 2.26.